The second kappa shape index (κ2) is 4.76. The van der Waals surface area contributed by atoms with Crippen molar-refractivity contribution in [3.05, 3.63) is 23.8 Å². The van der Waals surface area contributed by atoms with Gasteiger partial charge in [-0.1, -0.05) is 6.07 Å². The average Bonchev–Trinajstić information content (AvgIpc) is 3.17. The fourth-order valence-electron chi connectivity index (χ4n) is 2.23. The van der Waals surface area contributed by atoms with Crippen LogP contribution in [-0.4, -0.2) is 24.4 Å². The summed E-state index contributed by atoms with van der Waals surface area (Å²) in [6.45, 7) is 8.07. The van der Waals surface area contributed by atoms with Gasteiger partial charge in [-0.3, -0.25) is 0 Å². The summed E-state index contributed by atoms with van der Waals surface area (Å²) in [5, 5.41) is 9.31. The van der Waals surface area contributed by atoms with E-state index in [0.717, 1.165) is 18.3 Å². The van der Waals surface area contributed by atoms with Gasteiger partial charge in [-0.2, -0.15) is 5.26 Å². The summed E-state index contributed by atoms with van der Waals surface area (Å²) in [7, 11) is -0.447. The quantitative estimate of drug-likeness (QED) is 0.800. The van der Waals surface area contributed by atoms with Crippen molar-refractivity contribution < 1.29 is 14.0 Å². The van der Waals surface area contributed by atoms with Gasteiger partial charge in [0.05, 0.1) is 22.9 Å². The van der Waals surface area contributed by atoms with Crippen molar-refractivity contribution in [3.63, 3.8) is 0 Å². The van der Waals surface area contributed by atoms with E-state index in [1.807, 2.05) is 39.8 Å². The zero-order chi connectivity index (χ0) is 15.3. The normalized spacial score (nSPS) is 22.9. The van der Waals surface area contributed by atoms with E-state index in [2.05, 4.69) is 6.07 Å². The van der Waals surface area contributed by atoms with Gasteiger partial charge in [-0.25, -0.2) is 0 Å². The van der Waals surface area contributed by atoms with Crippen LogP contribution in [0.3, 0.4) is 0 Å². The molecule has 0 spiro atoms. The second-order valence-electron chi connectivity index (χ2n) is 6.77. The summed E-state index contributed by atoms with van der Waals surface area (Å²) in [5.41, 5.74) is 0.629. The minimum absolute atomic E-state index is 0.278. The molecule has 0 unspecified atom stereocenters. The predicted octanol–water partition coefficient (Wildman–Crippen LogP) is 2.40. The first-order valence-corrected chi connectivity index (χ1v) is 7.39. The largest absolute Gasteiger partial charge is 0.494 e. The monoisotopic (exact) mass is 285 g/mol. The summed E-state index contributed by atoms with van der Waals surface area (Å²) < 4.78 is 17.8. The fraction of sp³-hybridized carbons (Fsp3) is 0.562. The van der Waals surface area contributed by atoms with Crippen LogP contribution in [0.15, 0.2) is 18.2 Å². The van der Waals surface area contributed by atoms with Gasteiger partial charge < -0.3 is 14.0 Å². The van der Waals surface area contributed by atoms with Crippen molar-refractivity contribution in [1.82, 2.24) is 0 Å². The van der Waals surface area contributed by atoms with Crippen molar-refractivity contribution in [2.45, 2.75) is 57.8 Å². The average molecular weight is 285 g/mol. The first-order valence-electron chi connectivity index (χ1n) is 7.39. The zero-order valence-electron chi connectivity index (χ0n) is 13.0. The standard InChI is InChI=1S/C16H20BNO3/c1-15(2)16(3,4)21-17(20-15)12-5-8-14(11(9-12)10-18)19-13-6-7-13/h5,8-9,13H,6-7H2,1-4H3. The molecular formula is C16H20BNO3. The van der Waals surface area contributed by atoms with Gasteiger partial charge in [0, 0.05) is 0 Å². The molecule has 2 fully saturated rings. The number of benzene rings is 1. The number of hydrogen-bond donors (Lipinski definition) is 0. The van der Waals surface area contributed by atoms with Gasteiger partial charge in [0.2, 0.25) is 0 Å². The van der Waals surface area contributed by atoms with E-state index in [9.17, 15) is 5.26 Å². The SMILES string of the molecule is CC1(C)OB(c2ccc(OC3CC3)c(C#N)c2)OC1(C)C. The molecule has 1 aromatic carbocycles. The van der Waals surface area contributed by atoms with Crippen molar-refractivity contribution in [3.8, 4) is 11.8 Å². The fourth-order valence-corrected chi connectivity index (χ4v) is 2.23. The Hall–Kier alpha value is -1.51. The van der Waals surface area contributed by atoms with Crippen LogP contribution in [0, 0.1) is 11.3 Å². The molecule has 1 aliphatic carbocycles. The van der Waals surface area contributed by atoms with E-state index in [-0.39, 0.29) is 17.3 Å². The maximum atomic E-state index is 9.31. The molecule has 0 aromatic heterocycles. The van der Waals surface area contributed by atoms with Gasteiger partial charge in [0.25, 0.3) is 0 Å². The highest BCUT2D eigenvalue weighted by Crippen LogP contribution is 2.37. The number of ether oxygens (including phenoxy) is 1. The lowest BCUT2D eigenvalue weighted by atomic mass is 9.78. The molecule has 3 rings (SSSR count). The number of nitriles is 1. The molecule has 2 aliphatic rings. The lowest BCUT2D eigenvalue weighted by molar-refractivity contribution is 0.00578. The van der Waals surface area contributed by atoms with Crippen LogP contribution < -0.4 is 10.2 Å². The maximum Gasteiger partial charge on any atom is 0.494 e. The lowest BCUT2D eigenvalue weighted by Crippen LogP contribution is -2.41. The molecule has 21 heavy (non-hydrogen) atoms. The summed E-state index contributed by atoms with van der Waals surface area (Å²) in [6, 6.07) is 7.77. The van der Waals surface area contributed by atoms with Crippen LogP contribution in [-0.2, 0) is 9.31 Å². The Morgan fingerprint density at radius 1 is 1.19 bits per heavy atom. The smallest absolute Gasteiger partial charge is 0.489 e. The molecule has 1 heterocycles. The van der Waals surface area contributed by atoms with E-state index in [1.54, 1.807) is 6.07 Å². The Kier molecular flexibility index (Phi) is 3.27. The molecule has 0 atom stereocenters. The Morgan fingerprint density at radius 2 is 1.81 bits per heavy atom. The molecule has 1 aromatic rings. The number of nitrogens with zero attached hydrogens (tertiary/aromatic N) is 1. The van der Waals surface area contributed by atoms with E-state index in [1.165, 1.54) is 0 Å². The topological polar surface area (TPSA) is 51.5 Å². The summed E-state index contributed by atoms with van der Waals surface area (Å²) in [6.07, 6.45) is 2.42. The van der Waals surface area contributed by atoms with Gasteiger partial charge in [-0.15, -0.1) is 0 Å². The van der Waals surface area contributed by atoms with Crippen LogP contribution in [0.25, 0.3) is 0 Å². The Labute approximate surface area is 126 Å². The minimum Gasteiger partial charge on any atom is -0.489 e. The number of hydrogen-bond acceptors (Lipinski definition) is 4. The molecular weight excluding hydrogens is 265 g/mol. The molecule has 1 aliphatic heterocycles. The van der Waals surface area contributed by atoms with Gasteiger partial charge in [0.1, 0.15) is 11.8 Å². The molecule has 0 amide bonds. The summed E-state index contributed by atoms with van der Waals surface area (Å²) in [4.78, 5) is 0. The Bertz CT molecular complexity index is 586. The van der Waals surface area contributed by atoms with Crippen molar-refractivity contribution >= 4 is 12.6 Å². The molecule has 4 nitrogen and oxygen atoms in total. The summed E-state index contributed by atoms with van der Waals surface area (Å²) >= 11 is 0. The van der Waals surface area contributed by atoms with E-state index >= 15 is 0 Å². The van der Waals surface area contributed by atoms with Crippen molar-refractivity contribution in [2.24, 2.45) is 0 Å². The minimum atomic E-state index is -0.447. The third-order valence-corrected chi connectivity index (χ3v) is 4.47. The number of rotatable bonds is 3. The Balaban J connectivity index is 1.85. The Morgan fingerprint density at radius 3 is 2.33 bits per heavy atom. The molecule has 5 heteroatoms. The first-order chi connectivity index (χ1) is 9.82. The molecule has 1 saturated heterocycles. The first kappa shape index (κ1) is 14.4. The van der Waals surface area contributed by atoms with E-state index in [0.29, 0.717) is 11.3 Å². The van der Waals surface area contributed by atoms with Crippen LogP contribution in [0.4, 0.5) is 0 Å². The van der Waals surface area contributed by atoms with Crippen LogP contribution >= 0.6 is 0 Å². The maximum absolute atomic E-state index is 9.31. The van der Waals surface area contributed by atoms with Crippen LogP contribution in [0.5, 0.6) is 5.75 Å². The van der Waals surface area contributed by atoms with Gasteiger partial charge in [0.15, 0.2) is 0 Å². The van der Waals surface area contributed by atoms with E-state index in [4.69, 9.17) is 14.0 Å². The molecule has 0 radical (unpaired) electrons. The van der Waals surface area contributed by atoms with Gasteiger partial charge in [-0.05, 0) is 58.1 Å². The third kappa shape index (κ3) is 2.66. The third-order valence-electron chi connectivity index (χ3n) is 4.47. The predicted molar refractivity (Wildman–Crippen MR) is 80.5 cm³/mol. The second-order valence-corrected chi connectivity index (χ2v) is 6.77. The van der Waals surface area contributed by atoms with Gasteiger partial charge >= 0.3 is 7.12 Å². The van der Waals surface area contributed by atoms with E-state index < -0.39 is 7.12 Å². The van der Waals surface area contributed by atoms with Crippen LogP contribution in [0.2, 0.25) is 0 Å². The molecule has 110 valence electrons. The van der Waals surface area contributed by atoms with Crippen molar-refractivity contribution in [1.29, 1.82) is 5.26 Å². The van der Waals surface area contributed by atoms with Crippen LogP contribution in [0.1, 0.15) is 46.1 Å². The zero-order valence-corrected chi connectivity index (χ0v) is 13.0. The highest BCUT2D eigenvalue weighted by Gasteiger charge is 2.51. The molecule has 0 N–H and O–H groups in total. The van der Waals surface area contributed by atoms with Crippen molar-refractivity contribution in [2.75, 3.05) is 0 Å². The molecule has 1 saturated carbocycles. The summed E-state index contributed by atoms with van der Waals surface area (Å²) in [5.74, 6) is 0.653. The molecule has 0 bridgehead atoms. The highest BCUT2D eigenvalue weighted by atomic mass is 16.7. The highest BCUT2D eigenvalue weighted by molar-refractivity contribution is 6.62. The lowest BCUT2D eigenvalue weighted by Gasteiger charge is -2.32.